The van der Waals surface area contributed by atoms with Crippen molar-refractivity contribution in [1.82, 2.24) is 4.90 Å². The third kappa shape index (κ3) is 3.84. The fourth-order valence-electron chi connectivity index (χ4n) is 5.37. The highest BCUT2D eigenvalue weighted by Gasteiger charge is 2.31. The minimum atomic E-state index is 0.228. The lowest BCUT2D eigenvalue weighted by atomic mass is 9.79. The molecule has 2 heteroatoms. The molecule has 150 valence electrons. The van der Waals surface area contributed by atoms with Crippen molar-refractivity contribution in [1.29, 1.82) is 0 Å². The van der Waals surface area contributed by atoms with E-state index < -0.39 is 0 Å². The number of benzene rings is 3. The molecule has 1 saturated heterocycles. The molecule has 2 atom stereocenters. The van der Waals surface area contributed by atoms with E-state index in [0.717, 1.165) is 6.42 Å². The van der Waals surface area contributed by atoms with Crippen molar-refractivity contribution in [2.45, 2.75) is 38.2 Å². The molecule has 0 saturated carbocycles. The molecule has 0 radical (unpaired) electrons. The normalized spacial score (nSPS) is 22.5. The Morgan fingerprint density at radius 2 is 1.62 bits per heavy atom. The maximum absolute atomic E-state index is 6.05. The van der Waals surface area contributed by atoms with Gasteiger partial charge in [-0.1, -0.05) is 61.0 Å². The predicted octanol–water partition coefficient (Wildman–Crippen LogP) is 6.24. The van der Waals surface area contributed by atoms with E-state index in [1.54, 1.807) is 0 Å². The molecule has 3 aromatic rings. The van der Waals surface area contributed by atoms with Crippen LogP contribution in [-0.4, -0.2) is 31.6 Å². The maximum atomic E-state index is 6.05. The van der Waals surface area contributed by atoms with Gasteiger partial charge >= 0.3 is 0 Å². The number of hydrogen-bond acceptors (Lipinski definition) is 2. The van der Waals surface area contributed by atoms with Gasteiger partial charge in [-0.3, -0.25) is 0 Å². The van der Waals surface area contributed by atoms with Crippen LogP contribution >= 0.6 is 0 Å². The monoisotopic (exact) mass is 385 g/mol. The molecule has 0 spiro atoms. The molecule has 2 unspecified atom stereocenters. The molecule has 1 heterocycles. The standard InChI is InChI=1S/C27H31NO/c1-29-27-25(19-28-15-5-2-6-16-28)12-11-24-18-23(13-14-26(24)27)22-10-9-20-7-3-4-8-21(20)17-22/h3-4,7-10,13-14,17-18,25,27H,2,5-6,11-12,15-16,19H2,1H3. The summed E-state index contributed by atoms with van der Waals surface area (Å²) in [5, 5.41) is 2.60. The van der Waals surface area contributed by atoms with Crippen LogP contribution in [0.2, 0.25) is 0 Å². The molecular formula is C27H31NO. The van der Waals surface area contributed by atoms with Gasteiger partial charge in [-0.2, -0.15) is 0 Å². The van der Waals surface area contributed by atoms with Crippen molar-refractivity contribution in [3.63, 3.8) is 0 Å². The van der Waals surface area contributed by atoms with Gasteiger partial charge in [0.1, 0.15) is 0 Å². The Labute approximate surface area is 174 Å². The number of piperidine rings is 1. The first-order valence-corrected chi connectivity index (χ1v) is 11.2. The Kier molecular flexibility index (Phi) is 5.39. The molecule has 0 bridgehead atoms. The van der Waals surface area contributed by atoms with Crippen LogP contribution in [0.5, 0.6) is 0 Å². The van der Waals surface area contributed by atoms with E-state index in [9.17, 15) is 0 Å². The fourth-order valence-corrected chi connectivity index (χ4v) is 5.37. The lowest BCUT2D eigenvalue weighted by Crippen LogP contribution is -2.38. The lowest BCUT2D eigenvalue weighted by Gasteiger charge is -2.37. The number of ether oxygens (including phenoxy) is 1. The summed E-state index contributed by atoms with van der Waals surface area (Å²) in [7, 11) is 1.89. The third-order valence-electron chi connectivity index (χ3n) is 6.94. The number of likely N-dealkylation sites (tertiary alicyclic amines) is 1. The summed E-state index contributed by atoms with van der Waals surface area (Å²) in [6, 6.07) is 22.4. The van der Waals surface area contributed by atoms with Gasteiger partial charge in [-0.15, -0.1) is 0 Å². The average Bonchev–Trinajstić information content (AvgIpc) is 2.79. The maximum Gasteiger partial charge on any atom is 0.0864 e. The molecule has 0 aromatic heterocycles. The first-order chi connectivity index (χ1) is 14.3. The van der Waals surface area contributed by atoms with Crippen molar-refractivity contribution in [2.75, 3.05) is 26.7 Å². The van der Waals surface area contributed by atoms with E-state index >= 15 is 0 Å². The first kappa shape index (κ1) is 18.8. The first-order valence-electron chi connectivity index (χ1n) is 11.2. The van der Waals surface area contributed by atoms with Crippen LogP contribution < -0.4 is 0 Å². The predicted molar refractivity (Wildman–Crippen MR) is 121 cm³/mol. The Bertz CT molecular complexity index is 989. The quantitative estimate of drug-likeness (QED) is 0.527. The van der Waals surface area contributed by atoms with Crippen molar-refractivity contribution >= 4 is 10.8 Å². The highest BCUT2D eigenvalue weighted by Crippen LogP contribution is 2.39. The van der Waals surface area contributed by atoms with Crippen LogP contribution in [0.25, 0.3) is 21.9 Å². The number of rotatable bonds is 4. The smallest absolute Gasteiger partial charge is 0.0864 e. The van der Waals surface area contributed by atoms with E-state index in [1.165, 1.54) is 78.3 Å². The van der Waals surface area contributed by atoms with Crippen molar-refractivity contribution in [3.8, 4) is 11.1 Å². The van der Waals surface area contributed by atoms with Crippen LogP contribution in [0, 0.1) is 5.92 Å². The van der Waals surface area contributed by atoms with Crippen molar-refractivity contribution in [2.24, 2.45) is 5.92 Å². The van der Waals surface area contributed by atoms with Gasteiger partial charge in [0.2, 0.25) is 0 Å². The average molecular weight is 386 g/mol. The Morgan fingerprint density at radius 3 is 2.45 bits per heavy atom. The van der Waals surface area contributed by atoms with Gasteiger partial charge < -0.3 is 9.64 Å². The van der Waals surface area contributed by atoms with Gasteiger partial charge in [-0.05, 0) is 77.9 Å². The zero-order chi connectivity index (χ0) is 19.6. The number of aryl methyl sites for hydroxylation is 1. The summed E-state index contributed by atoms with van der Waals surface area (Å²) >= 11 is 0. The van der Waals surface area contributed by atoms with Gasteiger partial charge in [0.15, 0.2) is 0 Å². The Hall–Kier alpha value is -2.16. The lowest BCUT2D eigenvalue weighted by molar-refractivity contribution is 0.0207. The van der Waals surface area contributed by atoms with Crippen LogP contribution in [-0.2, 0) is 11.2 Å². The van der Waals surface area contributed by atoms with Crippen LogP contribution in [0.4, 0.5) is 0 Å². The number of nitrogens with zero attached hydrogens (tertiary/aromatic N) is 1. The topological polar surface area (TPSA) is 12.5 Å². The minimum Gasteiger partial charge on any atom is -0.376 e. The molecule has 3 aromatic carbocycles. The summed E-state index contributed by atoms with van der Waals surface area (Å²) in [5.74, 6) is 0.608. The number of fused-ring (bicyclic) bond motifs is 2. The summed E-state index contributed by atoms with van der Waals surface area (Å²) in [6.45, 7) is 3.71. The van der Waals surface area contributed by atoms with E-state index in [4.69, 9.17) is 4.74 Å². The molecule has 1 aliphatic carbocycles. The Balaban J connectivity index is 1.40. The second kappa shape index (κ2) is 8.30. The molecule has 0 amide bonds. The van der Waals surface area contributed by atoms with Crippen LogP contribution in [0.1, 0.15) is 42.9 Å². The largest absolute Gasteiger partial charge is 0.376 e. The number of methoxy groups -OCH3 is 1. The summed E-state index contributed by atoms with van der Waals surface area (Å²) in [6.07, 6.45) is 6.73. The number of hydrogen-bond donors (Lipinski definition) is 0. The minimum absolute atomic E-state index is 0.228. The van der Waals surface area contributed by atoms with Gasteiger partial charge in [0.25, 0.3) is 0 Å². The van der Waals surface area contributed by atoms with E-state index in [0.29, 0.717) is 5.92 Å². The highest BCUT2D eigenvalue weighted by atomic mass is 16.5. The van der Waals surface area contributed by atoms with E-state index in [1.807, 2.05) is 7.11 Å². The molecule has 2 nitrogen and oxygen atoms in total. The molecule has 1 fully saturated rings. The second-order valence-electron chi connectivity index (χ2n) is 8.79. The van der Waals surface area contributed by atoms with E-state index in [-0.39, 0.29) is 6.10 Å². The van der Waals surface area contributed by atoms with Gasteiger partial charge in [-0.25, -0.2) is 0 Å². The highest BCUT2D eigenvalue weighted by molar-refractivity contribution is 5.87. The molecule has 29 heavy (non-hydrogen) atoms. The molecular weight excluding hydrogens is 354 g/mol. The van der Waals surface area contributed by atoms with Crippen molar-refractivity contribution in [3.05, 3.63) is 71.8 Å². The van der Waals surface area contributed by atoms with Crippen LogP contribution in [0.15, 0.2) is 60.7 Å². The van der Waals surface area contributed by atoms with Crippen LogP contribution in [0.3, 0.4) is 0 Å². The molecule has 5 rings (SSSR count). The molecule has 2 aliphatic rings. The van der Waals surface area contributed by atoms with Crippen molar-refractivity contribution < 1.29 is 4.74 Å². The fraction of sp³-hybridized carbons (Fsp3) is 0.407. The van der Waals surface area contributed by atoms with Gasteiger partial charge in [0, 0.05) is 19.6 Å². The summed E-state index contributed by atoms with van der Waals surface area (Å²) in [5.41, 5.74) is 5.50. The summed E-state index contributed by atoms with van der Waals surface area (Å²) in [4.78, 5) is 2.66. The van der Waals surface area contributed by atoms with E-state index in [2.05, 4.69) is 65.6 Å². The molecule has 0 N–H and O–H groups in total. The second-order valence-corrected chi connectivity index (χ2v) is 8.79. The zero-order valence-corrected chi connectivity index (χ0v) is 17.4. The van der Waals surface area contributed by atoms with Gasteiger partial charge in [0.05, 0.1) is 6.10 Å². The third-order valence-corrected chi connectivity index (χ3v) is 6.94. The molecule has 1 aliphatic heterocycles. The SMILES string of the molecule is COC1c2ccc(-c3ccc4ccccc4c3)cc2CCC1CN1CCCCC1. The Morgan fingerprint density at radius 1 is 0.862 bits per heavy atom. The summed E-state index contributed by atoms with van der Waals surface area (Å²) < 4.78 is 6.05. The zero-order valence-electron chi connectivity index (χ0n) is 17.4.